The Morgan fingerprint density at radius 1 is 1.20 bits per heavy atom. The second-order valence-electron chi connectivity index (χ2n) is 4.22. The predicted molar refractivity (Wildman–Crippen MR) is 78.5 cm³/mol. The van der Waals surface area contributed by atoms with Gasteiger partial charge >= 0.3 is 0 Å². The summed E-state index contributed by atoms with van der Waals surface area (Å²) in [6.07, 6.45) is 0. The van der Waals surface area contributed by atoms with Gasteiger partial charge in [-0.3, -0.25) is 9.78 Å². The molecule has 20 heavy (non-hydrogen) atoms. The summed E-state index contributed by atoms with van der Waals surface area (Å²) in [6.45, 7) is 0.451. The van der Waals surface area contributed by atoms with Crippen LogP contribution in [0.2, 0.25) is 0 Å². The standard InChI is InChI=1S/C13H15N3O3S/c17-7-6-16(9-4-2-1-3-5-9)8-10-11(18)14-13(20)15-12(10)19/h1-5,17H,6-8H2,(H3,14,15,18,19,20). The van der Waals surface area contributed by atoms with Crippen molar-refractivity contribution in [2.45, 2.75) is 6.54 Å². The maximum atomic E-state index is 11.8. The number of aromatic nitrogens is 2. The average molecular weight is 293 g/mol. The molecule has 2 rings (SSSR count). The molecule has 1 aromatic carbocycles. The van der Waals surface area contributed by atoms with Crippen LogP contribution in [0.25, 0.3) is 0 Å². The number of aliphatic hydroxyl groups is 1. The maximum Gasteiger partial charge on any atom is 0.260 e. The maximum absolute atomic E-state index is 11.8. The van der Waals surface area contributed by atoms with Crippen LogP contribution in [0.5, 0.6) is 5.88 Å². The lowest BCUT2D eigenvalue weighted by Crippen LogP contribution is -2.29. The largest absolute Gasteiger partial charge is 0.494 e. The molecule has 2 aromatic rings. The Hall–Kier alpha value is -2.12. The number of para-hydroxylation sites is 1. The van der Waals surface area contributed by atoms with Crippen LogP contribution >= 0.6 is 12.2 Å². The zero-order valence-electron chi connectivity index (χ0n) is 10.7. The predicted octanol–water partition coefficient (Wildman–Crippen LogP) is 1.14. The van der Waals surface area contributed by atoms with Gasteiger partial charge in [-0.1, -0.05) is 18.2 Å². The van der Waals surface area contributed by atoms with Gasteiger partial charge in [0.25, 0.3) is 5.56 Å². The van der Waals surface area contributed by atoms with Crippen LogP contribution in [-0.4, -0.2) is 33.3 Å². The highest BCUT2D eigenvalue weighted by Gasteiger charge is 2.13. The van der Waals surface area contributed by atoms with E-state index in [0.29, 0.717) is 6.54 Å². The van der Waals surface area contributed by atoms with E-state index in [2.05, 4.69) is 9.97 Å². The first kappa shape index (κ1) is 14.3. The summed E-state index contributed by atoms with van der Waals surface area (Å²) in [7, 11) is 0. The Kier molecular flexibility index (Phi) is 4.54. The lowest BCUT2D eigenvalue weighted by atomic mass is 10.2. The average Bonchev–Trinajstić information content (AvgIpc) is 2.42. The minimum Gasteiger partial charge on any atom is -0.494 e. The number of anilines is 1. The fourth-order valence-electron chi connectivity index (χ4n) is 1.90. The van der Waals surface area contributed by atoms with E-state index in [9.17, 15) is 9.90 Å². The van der Waals surface area contributed by atoms with Gasteiger partial charge in [0.05, 0.1) is 18.7 Å². The molecule has 6 nitrogen and oxygen atoms in total. The van der Waals surface area contributed by atoms with Crippen molar-refractivity contribution in [3.8, 4) is 5.88 Å². The Morgan fingerprint density at radius 3 is 2.50 bits per heavy atom. The second kappa shape index (κ2) is 6.36. The third-order valence-electron chi connectivity index (χ3n) is 2.86. The van der Waals surface area contributed by atoms with Crippen LogP contribution in [0.15, 0.2) is 35.1 Å². The number of nitrogens with zero attached hydrogens (tertiary/aromatic N) is 1. The van der Waals surface area contributed by atoms with Crippen LogP contribution in [-0.2, 0) is 6.54 Å². The molecule has 0 spiro atoms. The Labute approximate surface area is 120 Å². The number of nitrogens with one attached hydrogen (secondary N) is 2. The van der Waals surface area contributed by atoms with Gasteiger partial charge in [-0.25, -0.2) is 0 Å². The number of aromatic amines is 2. The summed E-state index contributed by atoms with van der Waals surface area (Å²) in [5.74, 6) is -0.252. The van der Waals surface area contributed by atoms with Crippen molar-refractivity contribution in [3.63, 3.8) is 0 Å². The van der Waals surface area contributed by atoms with Gasteiger partial charge in [0.1, 0.15) is 0 Å². The summed E-state index contributed by atoms with van der Waals surface area (Å²) in [6, 6.07) is 9.34. The zero-order chi connectivity index (χ0) is 14.5. The quantitative estimate of drug-likeness (QED) is 0.620. The minimum atomic E-state index is -0.440. The van der Waals surface area contributed by atoms with Crippen molar-refractivity contribution in [3.05, 3.63) is 51.0 Å². The first-order valence-corrected chi connectivity index (χ1v) is 6.48. The molecule has 1 heterocycles. The summed E-state index contributed by atoms with van der Waals surface area (Å²) >= 11 is 4.78. The molecule has 0 aliphatic rings. The van der Waals surface area contributed by atoms with Crippen molar-refractivity contribution in [1.82, 2.24) is 9.97 Å². The van der Waals surface area contributed by atoms with Gasteiger partial charge in [-0.05, 0) is 24.4 Å². The Balaban J connectivity index is 2.34. The molecule has 0 unspecified atom stereocenters. The molecular formula is C13H15N3O3S. The van der Waals surface area contributed by atoms with E-state index >= 15 is 0 Å². The van der Waals surface area contributed by atoms with Crippen molar-refractivity contribution in [1.29, 1.82) is 0 Å². The lowest BCUT2D eigenvalue weighted by molar-refractivity contribution is 0.301. The fraction of sp³-hybridized carbons (Fsp3) is 0.231. The minimum absolute atomic E-state index is 0.0591. The molecule has 7 heteroatoms. The second-order valence-corrected chi connectivity index (χ2v) is 4.62. The molecule has 4 N–H and O–H groups in total. The summed E-state index contributed by atoms with van der Waals surface area (Å²) in [4.78, 5) is 18.6. The normalized spacial score (nSPS) is 10.4. The van der Waals surface area contributed by atoms with E-state index in [-0.39, 0.29) is 29.4 Å². The van der Waals surface area contributed by atoms with Crippen LogP contribution < -0.4 is 10.5 Å². The topological polar surface area (TPSA) is 92.3 Å². The monoisotopic (exact) mass is 293 g/mol. The molecule has 0 amide bonds. The van der Waals surface area contributed by atoms with E-state index in [4.69, 9.17) is 17.3 Å². The molecule has 0 aliphatic carbocycles. The number of benzene rings is 1. The Bertz CT molecular complexity index is 681. The number of rotatable bonds is 5. The number of hydrogen-bond acceptors (Lipinski definition) is 5. The molecule has 0 fully saturated rings. The van der Waals surface area contributed by atoms with E-state index < -0.39 is 5.56 Å². The highest BCUT2D eigenvalue weighted by molar-refractivity contribution is 7.71. The number of aliphatic hydroxyl groups excluding tert-OH is 1. The molecular weight excluding hydrogens is 278 g/mol. The number of aromatic hydroxyl groups is 1. The van der Waals surface area contributed by atoms with Crippen molar-refractivity contribution in [2.75, 3.05) is 18.1 Å². The van der Waals surface area contributed by atoms with E-state index in [1.165, 1.54) is 0 Å². The highest BCUT2D eigenvalue weighted by Crippen LogP contribution is 2.18. The van der Waals surface area contributed by atoms with Crippen LogP contribution in [0.3, 0.4) is 0 Å². The summed E-state index contributed by atoms with van der Waals surface area (Å²) in [5, 5.41) is 18.9. The van der Waals surface area contributed by atoms with Crippen LogP contribution in [0, 0.1) is 4.77 Å². The zero-order valence-corrected chi connectivity index (χ0v) is 11.5. The molecule has 0 aliphatic heterocycles. The first-order valence-electron chi connectivity index (χ1n) is 6.07. The van der Waals surface area contributed by atoms with Crippen LogP contribution in [0.4, 0.5) is 5.69 Å². The third kappa shape index (κ3) is 3.25. The fourth-order valence-corrected chi connectivity index (χ4v) is 2.09. The molecule has 106 valence electrons. The van der Waals surface area contributed by atoms with Crippen LogP contribution in [0.1, 0.15) is 5.56 Å². The van der Waals surface area contributed by atoms with Gasteiger partial charge in [0, 0.05) is 12.2 Å². The first-order chi connectivity index (χ1) is 9.61. The molecule has 0 bridgehead atoms. The number of H-pyrrole nitrogens is 2. The highest BCUT2D eigenvalue weighted by atomic mass is 32.1. The van der Waals surface area contributed by atoms with Crippen molar-refractivity contribution < 1.29 is 10.2 Å². The van der Waals surface area contributed by atoms with Gasteiger partial charge < -0.3 is 20.1 Å². The Morgan fingerprint density at radius 2 is 1.90 bits per heavy atom. The summed E-state index contributed by atoms with van der Waals surface area (Å²) in [5.41, 5.74) is 0.587. The molecule has 1 aromatic heterocycles. The van der Waals surface area contributed by atoms with Crippen molar-refractivity contribution >= 4 is 17.9 Å². The van der Waals surface area contributed by atoms with E-state index in [1.807, 2.05) is 30.3 Å². The van der Waals surface area contributed by atoms with Gasteiger partial charge in [-0.15, -0.1) is 0 Å². The molecule has 0 saturated heterocycles. The molecule has 0 radical (unpaired) electrons. The van der Waals surface area contributed by atoms with E-state index in [1.54, 1.807) is 4.90 Å². The van der Waals surface area contributed by atoms with Gasteiger partial charge in [0.2, 0.25) is 5.88 Å². The number of hydrogen-bond donors (Lipinski definition) is 4. The smallest absolute Gasteiger partial charge is 0.260 e. The van der Waals surface area contributed by atoms with E-state index in [0.717, 1.165) is 5.69 Å². The van der Waals surface area contributed by atoms with Crippen molar-refractivity contribution in [2.24, 2.45) is 0 Å². The molecule has 0 atom stereocenters. The molecule has 0 saturated carbocycles. The SMILES string of the molecule is O=c1[nH]c(=S)[nH]c(O)c1CN(CCO)c1ccccc1. The third-order valence-corrected chi connectivity index (χ3v) is 3.06. The lowest BCUT2D eigenvalue weighted by Gasteiger charge is -2.23. The summed E-state index contributed by atoms with van der Waals surface area (Å²) < 4.78 is 0.0738. The van der Waals surface area contributed by atoms with Gasteiger partial charge in [0.15, 0.2) is 4.77 Å². The van der Waals surface area contributed by atoms with Gasteiger partial charge in [-0.2, -0.15) is 0 Å².